The van der Waals surface area contributed by atoms with Crippen LogP contribution in [0.3, 0.4) is 0 Å². The Morgan fingerprint density at radius 3 is 2.63 bits per heavy atom. The standard InChI is InChI=1S/C14H22N2O3/c1-9(2)6-10(8-17)16-14(18)12-5-4-11(19-3)7-13(12)15/h4-5,7,9-10,17H,6,8,15H2,1-3H3,(H,16,18). The average molecular weight is 266 g/mol. The normalized spacial score (nSPS) is 12.3. The molecule has 0 aliphatic carbocycles. The minimum absolute atomic E-state index is 0.0834. The van der Waals surface area contributed by atoms with Gasteiger partial charge in [-0.2, -0.15) is 0 Å². The van der Waals surface area contributed by atoms with Gasteiger partial charge in [0.2, 0.25) is 0 Å². The van der Waals surface area contributed by atoms with E-state index < -0.39 is 0 Å². The number of anilines is 1. The first-order chi connectivity index (χ1) is 8.97. The van der Waals surface area contributed by atoms with E-state index >= 15 is 0 Å². The first-order valence-electron chi connectivity index (χ1n) is 6.33. The molecular weight excluding hydrogens is 244 g/mol. The molecule has 5 nitrogen and oxygen atoms in total. The molecule has 4 N–H and O–H groups in total. The summed E-state index contributed by atoms with van der Waals surface area (Å²) in [6.07, 6.45) is 0.721. The monoisotopic (exact) mass is 266 g/mol. The van der Waals surface area contributed by atoms with E-state index in [0.717, 1.165) is 6.42 Å². The highest BCUT2D eigenvalue weighted by atomic mass is 16.5. The number of benzene rings is 1. The molecule has 0 fully saturated rings. The second-order valence-electron chi connectivity index (χ2n) is 4.94. The van der Waals surface area contributed by atoms with Gasteiger partial charge in [0, 0.05) is 11.8 Å². The zero-order chi connectivity index (χ0) is 14.4. The fourth-order valence-corrected chi connectivity index (χ4v) is 1.89. The number of hydrogen-bond donors (Lipinski definition) is 3. The van der Waals surface area contributed by atoms with E-state index in [9.17, 15) is 9.90 Å². The molecule has 0 radical (unpaired) electrons. The molecule has 0 spiro atoms. The van der Waals surface area contributed by atoms with Gasteiger partial charge in [0.05, 0.1) is 25.3 Å². The second kappa shape index (κ2) is 6.99. The van der Waals surface area contributed by atoms with Gasteiger partial charge in [-0.15, -0.1) is 0 Å². The molecule has 0 aromatic heterocycles. The molecule has 1 aromatic rings. The van der Waals surface area contributed by atoms with Crippen molar-refractivity contribution in [3.63, 3.8) is 0 Å². The van der Waals surface area contributed by atoms with Crippen LogP contribution in [0.25, 0.3) is 0 Å². The summed E-state index contributed by atoms with van der Waals surface area (Å²) in [5.74, 6) is 0.723. The van der Waals surface area contributed by atoms with Crippen LogP contribution in [0.2, 0.25) is 0 Å². The first kappa shape index (κ1) is 15.3. The van der Waals surface area contributed by atoms with Crippen molar-refractivity contribution in [3.8, 4) is 5.75 Å². The highest BCUT2D eigenvalue weighted by molar-refractivity contribution is 5.99. The summed E-state index contributed by atoms with van der Waals surface area (Å²) in [7, 11) is 1.54. The number of aliphatic hydroxyl groups is 1. The third kappa shape index (κ3) is 4.44. The minimum Gasteiger partial charge on any atom is -0.497 e. The van der Waals surface area contributed by atoms with Crippen molar-refractivity contribution >= 4 is 11.6 Å². The molecule has 0 aliphatic heterocycles. The van der Waals surface area contributed by atoms with Crippen molar-refractivity contribution in [2.24, 2.45) is 5.92 Å². The molecule has 5 heteroatoms. The number of hydrogen-bond acceptors (Lipinski definition) is 4. The van der Waals surface area contributed by atoms with Crippen molar-refractivity contribution in [2.75, 3.05) is 19.5 Å². The predicted octanol–water partition coefficient (Wildman–Crippen LogP) is 1.41. The lowest BCUT2D eigenvalue weighted by molar-refractivity contribution is 0.0909. The van der Waals surface area contributed by atoms with Gasteiger partial charge in [0.1, 0.15) is 5.75 Å². The Balaban J connectivity index is 2.77. The van der Waals surface area contributed by atoms with Crippen molar-refractivity contribution in [2.45, 2.75) is 26.3 Å². The first-order valence-corrected chi connectivity index (χ1v) is 6.33. The van der Waals surface area contributed by atoms with Crippen LogP contribution >= 0.6 is 0 Å². The highest BCUT2D eigenvalue weighted by Crippen LogP contribution is 2.19. The van der Waals surface area contributed by atoms with Gasteiger partial charge in [-0.25, -0.2) is 0 Å². The largest absolute Gasteiger partial charge is 0.497 e. The molecule has 1 aromatic carbocycles. The van der Waals surface area contributed by atoms with Crippen molar-refractivity contribution in [1.82, 2.24) is 5.32 Å². The zero-order valence-corrected chi connectivity index (χ0v) is 11.6. The minimum atomic E-state index is -0.278. The maximum Gasteiger partial charge on any atom is 0.253 e. The van der Waals surface area contributed by atoms with Gasteiger partial charge >= 0.3 is 0 Å². The molecule has 19 heavy (non-hydrogen) atoms. The Morgan fingerprint density at radius 1 is 1.47 bits per heavy atom. The Hall–Kier alpha value is -1.75. The average Bonchev–Trinajstić information content (AvgIpc) is 2.36. The van der Waals surface area contributed by atoms with Gasteiger partial charge in [-0.3, -0.25) is 4.79 Å². The van der Waals surface area contributed by atoms with Crippen molar-refractivity contribution in [1.29, 1.82) is 0 Å². The summed E-state index contributed by atoms with van der Waals surface area (Å²) in [6, 6.07) is 4.65. The van der Waals surface area contributed by atoms with Crippen LogP contribution in [-0.4, -0.2) is 30.8 Å². The van der Waals surface area contributed by atoms with Gasteiger partial charge in [-0.1, -0.05) is 13.8 Å². The molecule has 1 amide bonds. The summed E-state index contributed by atoms with van der Waals surface area (Å²) in [4.78, 5) is 12.1. The van der Waals surface area contributed by atoms with E-state index in [2.05, 4.69) is 5.32 Å². The van der Waals surface area contributed by atoms with Crippen LogP contribution < -0.4 is 15.8 Å². The number of ether oxygens (including phenoxy) is 1. The summed E-state index contributed by atoms with van der Waals surface area (Å²) in [5, 5.41) is 12.0. The van der Waals surface area contributed by atoms with Gasteiger partial charge in [0.15, 0.2) is 0 Å². The summed E-state index contributed by atoms with van der Waals surface area (Å²) in [6.45, 7) is 3.99. The number of methoxy groups -OCH3 is 1. The van der Waals surface area contributed by atoms with Crippen LogP contribution in [0.1, 0.15) is 30.6 Å². The highest BCUT2D eigenvalue weighted by Gasteiger charge is 2.16. The van der Waals surface area contributed by atoms with Crippen LogP contribution in [0.15, 0.2) is 18.2 Å². The van der Waals surface area contributed by atoms with Crippen LogP contribution in [0, 0.1) is 5.92 Å². The summed E-state index contributed by atoms with van der Waals surface area (Å²) in [5.41, 5.74) is 6.56. The molecular formula is C14H22N2O3. The van der Waals surface area contributed by atoms with E-state index in [0.29, 0.717) is 22.9 Å². The fraction of sp³-hybridized carbons (Fsp3) is 0.500. The van der Waals surface area contributed by atoms with Gasteiger partial charge in [-0.05, 0) is 24.5 Å². The molecule has 0 saturated heterocycles. The quantitative estimate of drug-likeness (QED) is 0.680. The number of nitrogens with one attached hydrogen (secondary N) is 1. The molecule has 1 unspecified atom stereocenters. The van der Waals surface area contributed by atoms with Gasteiger partial charge in [0.25, 0.3) is 5.91 Å². The Kier molecular flexibility index (Phi) is 5.63. The Bertz CT molecular complexity index is 433. The molecule has 0 aliphatic rings. The second-order valence-corrected chi connectivity index (χ2v) is 4.94. The lowest BCUT2D eigenvalue weighted by Gasteiger charge is -2.18. The van der Waals surface area contributed by atoms with Crippen LogP contribution in [0.4, 0.5) is 5.69 Å². The lowest BCUT2D eigenvalue weighted by Crippen LogP contribution is -2.38. The van der Waals surface area contributed by atoms with E-state index in [1.165, 1.54) is 0 Å². The fourth-order valence-electron chi connectivity index (χ4n) is 1.89. The third-order valence-corrected chi connectivity index (χ3v) is 2.81. The number of carbonyl (C=O) groups is 1. The predicted molar refractivity (Wildman–Crippen MR) is 75.2 cm³/mol. The molecule has 106 valence electrons. The van der Waals surface area contributed by atoms with Crippen LogP contribution in [-0.2, 0) is 0 Å². The number of aliphatic hydroxyl groups excluding tert-OH is 1. The van der Waals surface area contributed by atoms with E-state index in [-0.39, 0.29) is 18.6 Å². The number of carbonyl (C=O) groups excluding carboxylic acids is 1. The number of amides is 1. The Labute approximate surface area is 113 Å². The SMILES string of the molecule is COc1ccc(C(=O)NC(CO)CC(C)C)c(N)c1. The Morgan fingerprint density at radius 2 is 2.16 bits per heavy atom. The topological polar surface area (TPSA) is 84.6 Å². The molecule has 0 bridgehead atoms. The van der Waals surface area contributed by atoms with E-state index in [1.807, 2.05) is 13.8 Å². The number of nitrogens with two attached hydrogens (primary N) is 1. The molecule has 1 rings (SSSR count). The van der Waals surface area contributed by atoms with E-state index in [1.54, 1.807) is 25.3 Å². The van der Waals surface area contributed by atoms with Gasteiger partial charge < -0.3 is 20.9 Å². The van der Waals surface area contributed by atoms with Crippen molar-refractivity contribution < 1.29 is 14.6 Å². The lowest BCUT2D eigenvalue weighted by atomic mass is 10.0. The molecule has 0 saturated carbocycles. The maximum absolute atomic E-state index is 12.1. The van der Waals surface area contributed by atoms with Crippen LogP contribution in [0.5, 0.6) is 5.75 Å². The molecule has 1 atom stereocenters. The maximum atomic E-state index is 12.1. The number of rotatable bonds is 6. The van der Waals surface area contributed by atoms with E-state index in [4.69, 9.17) is 10.5 Å². The molecule has 0 heterocycles. The smallest absolute Gasteiger partial charge is 0.253 e. The summed E-state index contributed by atoms with van der Waals surface area (Å²) >= 11 is 0. The van der Waals surface area contributed by atoms with Crippen molar-refractivity contribution in [3.05, 3.63) is 23.8 Å². The number of nitrogen functional groups attached to an aromatic ring is 1. The third-order valence-electron chi connectivity index (χ3n) is 2.81. The summed E-state index contributed by atoms with van der Waals surface area (Å²) < 4.78 is 5.03. The zero-order valence-electron chi connectivity index (χ0n) is 11.6.